The van der Waals surface area contributed by atoms with E-state index in [0.29, 0.717) is 6.42 Å². The predicted octanol–water partition coefficient (Wildman–Crippen LogP) is 6.00. The van der Waals surface area contributed by atoms with E-state index in [1.54, 1.807) is 0 Å². The number of carbonyl (C=O) groups is 1. The van der Waals surface area contributed by atoms with E-state index < -0.39 is 10.8 Å². The molecular weight excluding hydrogens is 470 g/mol. The topological polar surface area (TPSA) is 75.8 Å². The molecule has 1 aliphatic rings. The van der Waals surface area contributed by atoms with Crippen molar-refractivity contribution < 1.29 is 9.72 Å². The molecule has 1 atom stereocenters. The van der Waals surface area contributed by atoms with Crippen LogP contribution in [0.5, 0.6) is 0 Å². The fraction of sp³-hybridized carbons (Fsp3) is 0.0909. The van der Waals surface area contributed by atoms with E-state index in [1.807, 2.05) is 54.6 Å². The largest absolute Gasteiger partial charge is 0.276 e. The highest BCUT2D eigenvalue weighted by molar-refractivity contribution is 9.10. The first kappa shape index (κ1) is 20.3. The van der Waals surface area contributed by atoms with Crippen molar-refractivity contribution in [3.63, 3.8) is 0 Å². The molecule has 0 spiro atoms. The number of rotatable bonds is 4. The van der Waals surface area contributed by atoms with E-state index in [-0.39, 0.29) is 22.3 Å². The minimum atomic E-state index is -0.554. The van der Waals surface area contributed by atoms with Crippen LogP contribution in [-0.2, 0) is 0 Å². The summed E-state index contributed by atoms with van der Waals surface area (Å²) in [6.45, 7) is 0. The van der Waals surface area contributed by atoms with Crippen LogP contribution in [0.15, 0.2) is 82.4 Å². The van der Waals surface area contributed by atoms with Crippen molar-refractivity contribution in [2.24, 2.45) is 5.10 Å². The lowest BCUT2D eigenvalue weighted by Gasteiger charge is -2.22. The van der Waals surface area contributed by atoms with Gasteiger partial charge in [0.05, 0.1) is 27.3 Å². The monoisotopic (exact) mass is 483 g/mol. The standard InChI is InChI=1S/C22H15BrClN3O3/c23-16-8-6-15(7-9-16)21-13-20(14-4-2-1-3-5-14)25-26(21)22(28)18-12-17(27(29)30)10-11-19(18)24/h1-12,21H,13H2. The predicted molar refractivity (Wildman–Crippen MR) is 119 cm³/mol. The van der Waals surface area contributed by atoms with Gasteiger partial charge in [-0.25, -0.2) is 5.01 Å². The Morgan fingerprint density at radius 3 is 2.47 bits per heavy atom. The molecule has 150 valence electrons. The van der Waals surface area contributed by atoms with Crippen LogP contribution in [0.1, 0.15) is 33.9 Å². The molecule has 3 aromatic rings. The van der Waals surface area contributed by atoms with Crippen LogP contribution in [0.25, 0.3) is 0 Å². The summed E-state index contributed by atoms with van der Waals surface area (Å²) in [5.74, 6) is -0.484. The summed E-state index contributed by atoms with van der Waals surface area (Å²) < 4.78 is 0.924. The highest BCUT2D eigenvalue weighted by Crippen LogP contribution is 2.36. The number of non-ortho nitro benzene ring substituents is 1. The first-order chi connectivity index (χ1) is 14.4. The number of nitro benzene ring substituents is 1. The zero-order valence-corrected chi connectivity index (χ0v) is 17.9. The smallest absolute Gasteiger partial charge is 0.267 e. The van der Waals surface area contributed by atoms with Gasteiger partial charge in [0.2, 0.25) is 0 Å². The molecule has 0 N–H and O–H groups in total. The zero-order chi connectivity index (χ0) is 21.3. The van der Waals surface area contributed by atoms with Gasteiger partial charge in [0.1, 0.15) is 0 Å². The number of nitro groups is 1. The van der Waals surface area contributed by atoms with Crippen molar-refractivity contribution >= 4 is 44.8 Å². The molecule has 1 aliphatic heterocycles. The highest BCUT2D eigenvalue weighted by Gasteiger charge is 2.35. The normalized spacial score (nSPS) is 15.7. The molecule has 1 amide bonds. The molecule has 8 heteroatoms. The van der Waals surface area contributed by atoms with Crippen molar-refractivity contribution in [2.75, 3.05) is 0 Å². The second-order valence-electron chi connectivity index (χ2n) is 6.76. The van der Waals surface area contributed by atoms with Crippen molar-refractivity contribution in [3.8, 4) is 0 Å². The molecule has 30 heavy (non-hydrogen) atoms. The Balaban J connectivity index is 1.77. The molecule has 0 aromatic heterocycles. The second kappa shape index (κ2) is 8.38. The quantitative estimate of drug-likeness (QED) is 0.336. The minimum Gasteiger partial charge on any atom is -0.267 e. The Morgan fingerprint density at radius 2 is 1.80 bits per heavy atom. The molecule has 6 nitrogen and oxygen atoms in total. The second-order valence-corrected chi connectivity index (χ2v) is 8.08. The van der Waals surface area contributed by atoms with Gasteiger partial charge in [-0.1, -0.05) is 70.0 Å². The number of halogens is 2. The number of hydrogen-bond donors (Lipinski definition) is 0. The average molecular weight is 485 g/mol. The molecule has 0 saturated carbocycles. The first-order valence-electron chi connectivity index (χ1n) is 9.10. The number of nitrogens with zero attached hydrogens (tertiary/aromatic N) is 3. The number of amides is 1. The lowest BCUT2D eigenvalue weighted by Crippen LogP contribution is -2.27. The van der Waals surface area contributed by atoms with Gasteiger partial charge in [0.25, 0.3) is 11.6 Å². The molecule has 0 aliphatic carbocycles. The molecule has 0 radical (unpaired) electrons. The van der Waals surface area contributed by atoms with Crippen LogP contribution in [-0.4, -0.2) is 21.6 Å². The summed E-state index contributed by atoms with van der Waals surface area (Å²) >= 11 is 9.64. The molecule has 1 unspecified atom stereocenters. The Morgan fingerprint density at radius 1 is 1.10 bits per heavy atom. The van der Waals surface area contributed by atoms with E-state index in [0.717, 1.165) is 21.3 Å². The van der Waals surface area contributed by atoms with E-state index in [9.17, 15) is 14.9 Å². The van der Waals surface area contributed by atoms with E-state index in [1.165, 1.54) is 23.2 Å². The molecule has 1 heterocycles. The van der Waals surface area contributed by atoms with Gasteiger partial charge in [-0.3, -0.25) is 14.9 Å². The number of hydrogen-bond acceptors (Lipinski definition) is 4. The van der Waals surface area contributed by atoms with Crippen molar-refractivity contribution in [1.29, 1.82) is 0 Å². The fourth-order valence-corrected chi connectivity index (χ4v) is 3.82. The third-order valence-corrected chi connectivity index (χ3v) is 5.73. The maximum Gasteiger partial charge on any atom is 0.276 e. The maximum absolute atomic E-state index is 13.4. The van der Waals surface area contributed by atoms with Crippen molar-refractivity contribution in [3.05, 3.63) is 109 Å². The summed E-state index contributed by atoms with van der Waals surface area (Å²) in [7, 11) is 0. The highest BCUT2D eigenvalue weighted by atomic mass is 79.9. The van der Waals surface area contributed by atoms with Gasteiger partial charge in [-0.15, -0.1) is 0 Å². The summed E-state index contributed by atoms with van der Waals surface area (Å²) in [4.78, 5) is 24.0. The maximum atomic E-state index is 13.4. The van der Waals surface area contributed by atoms with Gasteiger partial charge < -0.3 is 0 Å². The summed E-state index contributed by atoms with van der Waals surface area (Å²) in [5.41, 5.74) is 2.43. The molecule has 0 fully saturated rings. The molecule has 0 saturated heterocycles. The Labute approximate surface area is 186 Å². The summed E-state index contributed by atoms with van der Waals surface area (Å²) in [6.07, 6.45) is 0.518. The van der Waals surface area contributed by atoms with Crippen molar-refractivity contribution in [2.45, 2.75) is 12.5 Å². The fourth-order valence-electron chi connectivity index (χ4n) is 3.36. The Bertz CT molecular complexity index is 1150. The van der Waals surface area contributed by atoms with Crippen LogP contribution in [0.4, 0.5) is 5.69 Å². The molecule has 0 bridgehead atoms. The Kier molecular flexibility index (Phi) is 5.65. The molecule has 3 aromatic carbocycles. The summed E-state index contributed by atoms with van der Waals surface area (Å²) in [5, 5.41) is 17.3. The van der Waals surface area contributed by atoms with Crippen LogP contribution < -0.4 is 0 Å². The number of hydrazone groups is 1. The van der Waals surface area contributed by atoms with Gasteiger partial charge in [-0.05, 0) is 29.3 Å². The van der Waals surface area contributed by atoms with E-state index >= 15 is 0 Å². The van der Waals surface area contributed by atoms with Gasteiger partial charge in [0, 0.05) is 23.0 Å². The van der Waals surface area contributed by atoms with Crippen LogP contribution in [0, 0.1) is 10.1 Å². The number of carbonyl (C=O) groups excluding carboxylic acids is 1. The van der Waals surface area contributed by atoms with Gasteiger partial charge in [0.15, 0.2) is 0 Å². The van der Waals surface area contributed by atoms with Gasteiger partial charge in [-0.2, -0.15) is 5.10 Å². The first-order valence-corrected chi connectivity index (χ1v) is 10.3. The van der Waals surface area contributed by atoms with E-state index in [4.69, 9.17) is 11.6 Å². The minimum absolute atomic E-state index is 0.0473. The number of benzene rings is 3. The third-order valence-electron chi connectivity index (χ3n) is 4.87. The lowest BCUT2D eigenvalue weighted by molar-refractivity contribution is -0.384. The SMILES string of the molecule is O=C(c1cc([N+](=O)[O-])ccc1Cl)N1N=C(c2ccccc2)CC1c1ccc(Br)cc1. The molecule has 4 rings (SSSR count). The van der Waals surface area contributed by atoms with Crippen LogP contribution in [0.3, 0.4) is 0 Å². The average Bonchev–Trinajstić information content (AvgIpc) is 3.20. The van der Waals surface area contributed by atoms with Crippen molar-refractivity contribution in [1.82, 2.24) is 5.01 Å². The lowest BCUT2D eigenvalue weighted by atomic mass is 9.98. The van der Waals surface area contributed by atoms with Crippen LogP contribution >= 0.6 is 27.5 Å². The van der Waals surface area contributed by atoms with E-state index in [2.05, 4.69) is 21.0 Å². The Hall–Kier alpha value is -3.03. The zero-order valence-electron chi connectivity index (χ0n) is 15.5. The summed E-state index contributed by atoms with van der Waals surface area (Å²) in [6, 6.07) is 20.7. The molecular formula is C22H15BrClN3O3. The van der Waals surface area contributed by atoms with Crippen LogP contribution in [0.2, 0.25) is 5.02 Å². The van der Waals surface area contributed by atoms with Gasteiger partial charge >= 0.3 is 0 Å². The third kappa shape index (κ3) is 3.99.